The number of halogens is 1. The molecule has 3 rings (SSSR count). The molecule has 0 fully saturated rings. The molecule has 0 N–H and O–H groups in total. The van der Waals surface area contributed by atoms with Crippen molar-refractivity contribution in [3.05, 3.63) is 70.7 Å². The molecule has 4 heteroatoms. The van der Waals surface area contributed by atoms with Gasteiger partial charge in [0.2, 0.25) is 5.88 Å². The van der Waals surface area contributed by atoms with E-state index in [0.717, 1.165) is 27.9 Å². The smallest absolute Gasteiger partial charge is 0.232 e. The summed E-state index contributed by atoms with van der Waals surface area (Å²) in [7, 11) is 1.52. The van der Waals surface area contributed by atoms with Crippen LogP contribution in [0.15, 0.2) is 54.6 Å². The monoisotopic (exact) mass is 334 g/mol. The number of hydrogen-bond donors (Lipinski definition) is 0. The Labute approximate surface area is 146 Å². The average molecular weight is 335 g/mol. The lowest BCUT2D eigenvalue weighted by molar-refractivity contribution is 0.397. The topological polar surface area (TPSA) is 45.9 Å². The van der Waals surface area contributed by atoms with Crippen molar-refractivity contribution in [2.45, 2.75) is 6.92 Å². The van der Waals surface area contributed by atoms with Gasteiger partial charge in [-0.2, -0.15) is 5.26 Å². The Hall–Kier alpha value is -2.83. The quantitative estimate of drug-likeness (QED) is 0.656. The summed E-state index contributed by atoms with van der Waals surface area (Å²) in [4.78, 5) is 4.48. The van der Waals surface area contributed by atoms with E-state index in [0.29, 0.717) is 16.5 Å². The molecule has 0 radical (unpaired) electrons. The zero-order valence-electron chi connectivity index (χ0n) is 13.4. The Bertz CT molecular complexity index is 910. The summed E-state index contributed by atoms with van der Waals surface area (Å²) in [6.45, 7) is 2.03. The van der Waals surface area contributed by atoms with Gasteiger partial charge in [0.25, 0.3) is 0 Å². The molecule has 118 valence electrons. The second kappa shape index (κ2) is 6.74. The van der Waals surface area contributed by atoms with Crippen LogP contribution in [-0.2, 0) is 0 Å². The zero-order valence-corrected chi connectivity index (χ0v) is 14.1. The number of nitrogens with zero attached hydrogens (tertiary/aromatic N) is 2. The molecule has 0 unspecified atom stereocenters. The summed E-state index contributed by atoms with van der Waals surface area (Å²) in [5, 5.41) is 10.2. The minimum atomic E-state index is 0.320. The standard InChI is InChI=1S/C20H15ClN2O/c1-13-3-5-14(6-4-13)17-11-19(15-7-9-16(21)10-8-15)23-20(24-2)18(17)12-22/h3-11H,1-2H3. The highest BCUT2D eigenvalue weighted by atomic mass is 35.5. The van der Waals surface area contributed by atoms with E-state index in [1.54, 1.807) is 0 Å². The average Bonchev–Trinajstić information content (AvgIpc) is 2.62. The molecule has 2 aromatic carbocycles. The predicted molar refractivity (Wildman–Crippen MR) is 96.1 cm³/mol. The van der Waals surface area contributed by atoms with Crippen LogP contribution < -0.4 is 4.74 Å². The normalized spacial score (nSPS) is 10.2. The first-order chi connectivity index (χ1) is 11.6. The van der Waals surface area contributed by atoms with E-state index in [4.69, 9.17) is 16.3 Å². The zero-order chi connectivity index (χ0) is 17.1. The van der Waals surface area contributed by atoms with Gasteiger partial charge in [0.15, 0.2) is 0 Å². The Morgan fingerprint density at radius 2 is 1.62 bits per heavy atom. The molecule has 0 aliphatic carbocycles. The molecule has 0 aliphatic rings. The number of methoxy groups -OCH3 is 1. The van der Waals surface area contributed by atoms with Gasteiger partial charge in [-0.25, -0.2) is 4.98 Å². The molecule has 24 heavy (non-hydrogen) atoms. The summed E-state index contributed by atoms with van der Waals surface area (Å²) >= 11 is 5.96. The third kappa shape index (κ3) is 3.10. The summed E-state index contributed by atoms with van der Waals surface area (Å²) < 4.78 is 5.35. The fraction of sp³-hybridized carbons (Fsp3) is 0.100. The molecule has 0 bridgehead atoms. The molecular weight excluding hydrogens is 320 g/mol. The third-order valence-corrected chi connectivity index (χ3v) is 4.05. The summed E-state index contributed by atoms with van der Waals surface area (Å²) in [5.41, 5.74) is 4.99. The van der Waals surface area contributed by atoms with E-state index in [9.17, 15) is 5.26 Å². The second-order valence-corrected chi connectivity index (χ2v) is 5.86. The Balaban J connectivity index is 2.23. The highest BCUT2D eigenvalue weighted by molar-refractivity contribution is 6.30. The summed E-state index contributed by atoms with van der Waals surface area (Å²) in [5.74, 6) is 0.320. The number of aryl methyl sites for hydroxylation is 1. The SMILES string of the molecule is COc1nc(-c2ccc(Cl)cc2)cc(-c2ccc(C)cc2)c1C#N. The van der Waals surface area contributed by atoms with Gasteiger partial charge in [-0.05, 0) is 30.7 Å². The maximum atomic E-state index is 9.56. The van der Waals surface area contributed by atoms with E-state index in [2.05, 4.69) is 11.1 Å². The van der Waals surface area contributed by atoms with Crippen molar-refractivity contribution in [3.8, 4) is 34.3 Å². The molecule has 0 saturated carbocycles. The highest BCUT2D eigenvalue weighted by Crippen LogP contribution is 2.33. The molecule has 3 nitrogen and oxygen atoms in total. The van der Waals surface area contributed by atoms with Crippen LogP contribution in [0.5, 0.6) is 5.88 Å². The molecule has 1 aromatic heterocycles. The second-order valence-electron chi connectivity index (χ2n) is 5.42. The Morgan fingerprint density at radius 3 is 2.21 bits per heavy atom. The Kier molecular flexibility index (Phi) is 4.50. The van der Waals surface area contributed by atoms with E-state index in [1.807, 2.05) is 61.5 Å². The first-order valence-electron chi connectivity index (χ1n) is 7.44. The van der Waals surface area contributed by atoms with Crippen LogP contribution in [0.4, 0.5) is 0 Å². The van der Waals surface area contributed by atoms with Gasteiger partial charge < -0.3 is 4.74 Å². The van der Waals surface area contributed by atoms with Gasteiger partial charge in [-0.3, -0.25) is 0 Å². The third-order valence-electron chi connectivity index (χ3n) is 3.79. The van der Waals surface area contributed by atoms with Crippen LogP contribution in [-0.4, -0.2) is 12.1 Å². The van der Waals surface area contributed by atoms with Crippen LogP contribution >= 0.6 is 11.6 Å². The van der Waals surface area contributed by atoms with Crippen LogP contribution in [0.3, 0.4) is 0 Å². The number of aromatic nitrogens is 1. The molecular formula is C20H15ClN2O. The van der Waals surface area contributed by atoms with Gasteiger partial charge in [0.1, 0.15) is 11.6 Å². The first kappa shape index (κ1) is 16.0. The first-order valence-corrected chi connectivity index (χ1v) is 7.82. The lowest BCUT2D eigenvalue weighted by atomic mass is 9.98. The maximum Gasteiger partial charge on any atom is 0.232 e. The molecule has 0 aliphatic heterocycles. The van der Waals surface area contributed by atoms with E-state index >= 15 is 0 Å². The largest absolute Gasteiger partial charge is 0.480 e. The molecule has 0 amide bonds. The Morgan fingerprint density at radius 1 is 1.00 bits per heavy atom. The fourth-order valence-corrected chi connectivity index (χ4v) is 2.63. The number of nitriles is 1. The van der Waals surface area contributed by atoms with Gasteiger partial charge in [0.05, 0.1) is 12.8 Å². The van der Waals surface area contributed by atoms with Crippen molar-refractivity contribution in [2.24, 2.45) is 0 Å². The van der Waals surface area contributed by atoms with E-state index in [1.165, 1.54) is 7.11 Å². The van der Waals surface area contributed by atoms with Crippen molar-refractivity contribution in [1.82, 2.24) is 4.98 Å². The number of pyridine rings is 1. The van der Waals surface area contributed by atoms with Crippen LogP contribution in [0.25, 0.3) is 22.4 Å². The number of rotatable bonds is 3. The van der Waals surface area contributed by atoms with Crippen molar-refractivity contribution in [2.75, 3.05) is 7.11 Å². The van der Waals surface area contributed by atoms with Crippen molar-refractivity contribution < 1.29 is 4.74 Å². The minimum absolute atomic E-state index is 0.320. The van der Waals surface area contributed by atoms with E-state index < -0.39 is 0 Å². The van der Waals surface area contributed by atoms with Crippen LogP contribution in [0.1, 0.15) is 11.1 Å². The summed E-state index contributed by atoms with van der Waals surface area (Å²) in [6.07, 6.45) is 0. The molecule has 0 spiro atoms. The number of benzene rings is 2. The molecule has 0 atom stereocenters. The van der Waals surface area contributed by atoms with Crippen LogP contribution in [0.2, 0.25) is 5.02 Å². The van der Waals surface area contributed by atoms with Gasteiger partial charge in [-0.15, -0.1) is 0 Å². The number of ether oxygens (including phenoxy) is 1. The van der Waals surface area contributed by atoms with Crippen LogP contribution in [0, 0.1) is 18.3 Å². The molecule has 1 heterocycles. The van der Waals surface area contributed by atoms with Gasteiger partial charge in [0, 0.05) is 16.1 Å². The van der Waals surface area contributed by atoms with Crippen molar-refractivity contribution >= 4 is 11.6 Å². The predicted octanol–water partition coefficient (Wildman–Crippen LogP) is 5.26. The lowest BCUT2D eigenvalue weighted by Crippen LogP contribution is -1.97. The number of hydrogen-bond acceptors (Lipinski definition) is 3. The molecule has 3 aromatic rings. The maximum absolute atomic E-state index is 9.56. The lowest BCUT2D eigenvalue weighted by Gasteiger charge is -2.12. The highest BCUT2D eigenvalue weighted by Gasteiger charge is 2.15. The minimum Gasteiger partial charge on any atom is -0.480 e. The van der Waals surface area contributed by atoms with E-state index in [-0.39, 0.29) is 0 Å². The van der Waals surface area contributed by atoms with Crippen molar-refractivity contribution in [1.29, 1.82) is 5.26 Å². The van der Waals surface area contributed by atoms with Gasteiger partial charge >= 0.3 is 0 Å². The fourth-order valence-electron chi connectivity index (χ4n) is 2.51. The van der Waals surface area contributed by atoms with Gasteiger partial charge in [-0.1, -0.05) is 53.6 Å². The summed E-state index contributed by atoms with van der Waals surface area (Å²) in [6, 6.07) is 19.6. The molecule has 0 saturated heterocycles. The van der Waals surface area contributed by atoms with Crippen molar-refractivity contribution in [3.63, 3.8) is 0 Å².